The lowest BCUT2D eigenvalue weighted by Gasteiger charge is -2.29. The van der Waals surface area contributed by atoms with Crippen LogP contribution in [0.25, 0.3) is 10.8 Å². The van der Waals surface area contributed by atoms with Crippen molar-refractivity contribution in [2.45, 2.75) is 37.5 Å². The largest absolute Gasteiger partial charge is 0.248 e. The molecule has 0 aromatic heterocycles. The summed E-state index contributed by atoms with van der Waals surface area (Å²) < 4.78 is 27.8. The van der Waals surface area contributed by atoms with Crippen molar-refractivity contribution < 1.29 is 8.78 Å². The summed E-state index contributed by atoms with van der Waals surface area (Å²) in [6, 6.07) is 12.6. The fraction of sp³-hybridized carbons (Fsp3) is 0.375. The molecule has 3 rings (SSSR count). The van der Waals surface area contributed by atoms with Crippen LogP contribution < -0.4 is 0 Å². The normalized spacial score (nSPS) is 19.7. The summed E-state index contributed by atoms with van der Waals surface area (Å²) in [6.45, 7) is 0. The van der Waals surface area contributed by atoms with Crippen LogP contribution in [0.3, 0.4) is 0 Å². The number of benzene rings is 2. The molecule has 0 heterocycles. The molecular weight excluding hydrogens is 357 g/mol. The molecule has 1 aliphatic rings. The van der Waals surface area contributed by atoms with Crippen molar-refractivity contribution in [1.29, 1.82) is 0 Å². The summed E-state index contributed by atoms with van der Waals surface area (Å²) in [6.07, 6.45) is 1.24. The monoisotopic (exact) mass is 372 g/mol. The number of alkyl halides is 2. The second-order valence-electron chi connectivity index (χ2n) is 5.35. The molecule has 0 aliphatic heterocycles. The van der Waals surface area contributed by atoms with Gasteiger partial charge in [-0.2, -0.15) is 0 Å². The van der Waals surface area contributed by atoms with Crippen LogP contribution in [0.4, 0.5) is 8.78 Å². The molecule has 19 heavy (non-hydrogen) atoms. The molecule has 0 saturated heterocycles. The topological polar surface area (TPSA) is 0 Å². The summed E-state index contributed by atoms with van der Waals surface area (Å²) in [5.74, 6) is -2.17. The first-order valence-corrected chi connectivity index (χ1v) is 7.69. The standard InChI is InChI=1S/C16H15F2I/c17-16(18)7-5-11(6-8-16)15-10-13(19)9-12-3-1-2-4-14(12)15/h1-4,9-11H,5-8H2. The summed E-state index contributed by atoms with van der Waals surface area (Å²) in [4.78, 5) is 0. The van der Waals surface area contributed by atoms with Gasteiger partial charge in [-0.25, -0.2) is 8.78 Å². The van der Waals surface area contributed by atoms with E-state index in [1.54, 1.807) is 0 Å². The van der Waals surface area contributed by atoms with E-state index in [-0.39, 0.29) is 18.8 Å². The second kappa shape index (κ2) is 5.00. The van der Waals surface area contributed by atoms with Crippen molar-refractivity contribution >= 4 is 33.4 Å². The van der Waals surface area contributed by atoms with Gasteiger partial charge in [0.05, 0.1) is 0 Å². The number of hydrogen-bond donors (Lipinski definition) is 0. The molecule has 1 saturated carbocycles. The van der Waals surface area contributed by atoms with Gasteiger partial charge >= 0.3 is 0 Å². The lowest BCUT2D eigenvalue weighted by molar-refractivity contribution is -0.0381. The van der Waals surface area contributed by atoms with Crippen molar-refractivity contribution in [3.8, 4) is 0 Å². The van der Waals surface area contributed by atoms with Gasteiger partial charge < -0.3 is 0 Å². The molecule has 1 fully saturated rings. The Morgan fingerprint density at radius 3 is 2.47 bits per heavy atom. The van der Waals surface area contributed by atoms with E-state index in [2.05, 4.69) is 46.9 Å². The smallest absolute Gasteiger partial charge is 0.207 e. The van der Waals surface area contributed by atoms with Gasteiger partial charge in [-0.3, -0.25) is 0 Å². The van der Waals surface area contributed by atoms with E-state index in [0.29, 0.717) is 12.8 Å². The fourth-order valence-corrected chi connectivity index (χ4v) is 3.66. The van der Waals surface area contributed by atoms with Gasteiger partial charge in [-0.15, -0.1) is 0 Å². The van der Waals surface area contributed by atoms with Gasteiger partial charge in [0.15, 0.2) is 0 Å². The molecule has 0 atom stereocenters. The summed E-state index contributed by atoms with van der Waals surface area (Å²) in [5, 5.41) is 2.43. The van der Waals surface area contributed by atoms with Gasteiger partial charge in [0.2, 0.25) is 5.92 Å². The molecule has 0 amide bonds. The van der Waals surface area contributed by atoms with E-state index in [1.165, 1.54) is 19.9 Å². The minimum atomic E-state index is -2.45. The Kier molecular flexibility index (Phi) is 3.50. The Morgan fingerprint density at radius 2 is 1.74 bits per heavy atom. The molecule has 2 aromatic carbocycles. The molecule has 1 aliphatic carbocycles. The van der Waals surface area contributed by atoms with Gasteiger partial charge in [0.25, 0.3) is 0 Å². The highest BCUT2D eigenvalue weighted by Gasteiger charge is 2.35. The van der Waals surface area contributed by atoms with Crippen LogP contribution in [0.2, 0.25) is 0 Å². The number of fused-ring (bicyclic) bond motifs is 1. The van der Waals surface area contributed by atoms with Crippen LogP contribution >= 0.6 is 22.6 Å². The highest BCUT2D eigenvalue weighted by Crippen LogP contribution is 2.43. The van der Waals surface area contributed by atoms with E-state index in [4.69, 9.17) is 0 Å². The van der Waals surface area contributed by atoms with E-state index >= 15 is 0 Å². The van der Waals surface area contributed by atoms with E-state index < -0.39 is 5.92 Å². The van der Waals surface area contributed by atoms with Crippen molar-refractivity contribution in [2.24, 2.45) is 0 Å². The maximum atomic E-state index is 13.3. The molecule has 0 radical (unpaired) electrons. The van der Waals surface area contributed by atoms with Crippen molar-refractivity contribution in [1.82, 2.24) is 0 Å². The van der Waals surface area contributed by atoms with Crippen LogP contribution in [-0.4, -0.2) is 5.92 Å². The first-order chi connectivity index (χ1) is 9.05. The Balaban J connectivity index is 2.01. The SMILES string of the molecule is FC1(F)CCC(c2cc(I)cc3ccccc23)CC1. The van der Waals surface area contributed by atoms with Crippen LogP contribution in [0.5, 0.6) is 0 Å². The van der Waals surface area contributed by atoms with Crippen molar-refractivity contribution in [3.63, 3.8) is 0 Å². The summed E-state index contributed by atoms with van der Waals surface area (Å²) in [5.41, 5.74) is 1.25. The minimum Gasteiger partial charge on any atom is -0.207 e. The third-order valence-corrected chi connectivity index (χ3v) is 4.64. The molecule has 100 valence electrons. The predicted octanol–water partition coefficient (Wildman–Crippen LogP) is 5.74. The van der Waals surface area contributed by atoms with Crippen LogP contribution in [0.15, 0.2) is 36.4 Å². The van der Waals surface area contributed by atoms with Gasteiger partial charge in [-0.1, -0.05) is 24.3 Å². The van der Waals surface area contributed by atoms with Crippen molar-refractivity contribution in [2.75, 3.05) is 0 Å². The average Bonchev–Trinajstić information content (AvgIpc) is 2.38. The van der Waals surface area contributed by atoms with Crippen molar-refractivity contribution in [3.05, 3.63) is 45.5 Å². The summed E-state index contributed by atoms with van der Waals surface area (Å²) in [7, 11) is 0. The van der Waals surface area contributed by atoms with Gasteiger partial charge in [0.1, 0.15) is 0 Å². The number of halogens is 3. The lowest BCUT2D eigenvalue weighted by Crippen LogP contribution is -2.23. The summed E-state index contributed by atoms with van der Waals surface area (Å²) >= 11 is 2.31. The maximum Gasteiger partial charge on any atom is 0.248 e. The molecule has 2 aromatic rings. The molecule has 0 bridgehead atoms. The zero-order valence-electron chi connectivity index (χ0n) is 10.5. The highest BCUT2D eigenvalue weighted by molar-refractivity contribution is 14.1. The third kappa shape index (κ3) is 2.76. The van der Waals surface area contributed by atoms with E-state index in [1.807, 2.05) is 12.1 Å². The van der Waals surface area contributed by atoms with E-state index in [9.17, 15) is 8.78 Å². The third-order valence-electron chi connectivity index (χ3n) is 4.02. The quantitative estimate of drug-likeness (QED) is 0.561. The second-order valence-corrected chi connectivity index (χ2v) is 6.59. The number of rotatable bonds is 1. The van der Waals surface area contributed by atoms with Crippen LogP contribution in [-0.2, 0) is 0 Å². The molecule has 3 heteroatoms. The lowest BCUT2D eigenvalue weighted by atomic mass is 9.80. The first-order valence-electron chi connectivity index (χ1n) is 6.61. The fourth-order valence-electron chi connectivity index (χ4n) is 2.99. The average molecular weight is 372 g/mol. The maximum absolute atomic E-state index is 13.3. The van der Waals surface area contributed by atoms with Gasteiger partial charge in [0, 0.05) is 16.4 Å². The molecular formula is C16H15F2I. The predicted molar refractivity (Wildman–Crippen MR) is 82.8 cm³/mol. The highest BCUT2D eigenvalue weighted by atomic mass is 127. The minimum absolute atomic E-state index is 0.0253. The first kappa shape index (κ1) is 13.3. The zero-order chi connectivity index (χ0) is 13.5. The molecule has 0 unspecified atom stereocenters. The van der Waals surface area contributed by atoms with Crippen LogP contribution in [0, 0.1) is 3.57 Å². The Labute approximate surface area is 125 Å². The number of hydrogen-bond acceptors (Lipinski definition) is 0. The van der Waals surface area contributed by atoms with Gasteiger partial charge in [-0.05, 0) is 69.8 Å². The molecule has 0 N–H and O–H groups in total. The molecule has 0 nitrogen and oxygen atoms in total. The van der Waals surface area contributed by atoms with Crippen LogP contribution in [0.1, 0.15) is 37.2 Å². The Hall–Kier alpha value is -0.710. The Morgan fingerprint density at radius 1 is 1.05 bits per heavy atom. The Bertz CT molecular complexity index is 597. The van der Waals surface area contributed by atoms with E-state index in [0.717, 1.165) is 0 Å². The zero-order valence-corrected chi connectivity index (χ0v) is 12.7. The molecule has 0 spiro atoms.